The van der Waals surface area contributed by atoms with Gasteiger partial charge in [0.15, 0.2) is 0 Å². The number of hydrogen-bond donors (Lipinski definition) is 0. The van der Waals surface area contributed by atoms with Gasteiger partial charge in [-0.1, -0.05) is 18.2 Å². The number of carbonyl (C=O) groups excluding carboxylic acids is 1. The number of aromatic nitrogens is 1. The number of rotatable bonds is 1. The molecular weight excluding hydrogens is 250 g/mol. The molecule has 1 aliphatic rings. The van der Waals surface area contributed by atoms with Crippen LogP contribution in [0.1, 0.15) is 15.9 Å². The fraction of sp³-hybridized carbons (Fsp3) is 0.250. The molecular formula is C16H17N3O. The number of anilines is 1. The van der Waals surface area contributed by atoms with Gasteiger partial charge >= 0.3 is 0 Å². The summed E-state index contributed by atoms with van der Waals surface area (Å²) in [6, 6.07) is 11.8. The van der Waals surface area contributed by atoms with Crippen LogP contribution in [0.15, 0.2) is 48.8 Å². The fourth-order valence-corrected chi connectivity index (χ4v) is 2.54. The maximum atomic E-state index is 12.5. The van der Waals surface area contributed by atoms with Crippen LogP contribution in [-0.4, -0.2) is 35.9 Å². The zero-order valence-electron chi connectivity index (χ0n) is 11.5. The summed E-state index contributed by atoms with van der Waals surface area (Å²) in [6.45, 7) is 2.22. The van der Waals surface area contributed by atoms with Gasteiger partial charge in [-0.25, -0.2) is 0 Å². The fourth-order valence-electron chi connectivity index (χ4n) is 2.54. The van der Waals surface area contributed by atoms with E-state index in [0.717, 1.165) is 13.1 Å². The van der Waals surface area contributed by atoms with Gasteiger partial charge in [0.2, 0.25) is 0 Å². The molecule has 0 radical (unpaired) electrons. The monoisotopic (exact) mass is 267 g/mol. The Kier molecular flexibility index (Phi) is 3.37. The first-order valence-corrected chi connectivity index (χ1v) is 6.74. The number of amides is 1. The van der Waals surface area contributed by atoms with Gasteiger partial charge in [0.1, 0.15) is 0 Å². The van der Waals surface area contributed by atoms with Crippen LogP contribution in [0.25, 0.3) is 0 Å². The molecule has 0 atom stereocenters. The summed E-state index contributed by atoms with van der Waals surface area (Å²) in [4.78, 5) is 20.6. The standard InChI is InChI=1S/C16H17N3O/c1-18-10-11-19(12-14-4-2-3-5-15(14)18)16(20)13-6-8-17-9-7-13/h2-9H,10-12H2,1H3. The number of fused-ring (bicyclic) bond motifs is 1. The highest BCUT2D eigenvalue weighted by Crippen LogP contribution is 2.24. The number of hydrogen-bond acceptors (Lipinski definition) is 3. The van der Waals surface area contributed by atoms with Gasteiger partial charge in [-0.15, -0.1) is 0 Å². The molecule has 20 heavy (non-hydrogen) atoms. The number of para-hydroxylation sites is 1. The molecule has 2 heterocycles. The second kappa shape index (κ2) is 5.33. The Morgan fingerprint density at radius 2 is 1.85 bits per heavy atom. The third-order valence-corrected chi connectivity index (χ3v) is 3.68. The van der Waals surface area contributed by atoms with Gasteiger partial charge in [0.25, 0.3) is 5.91 Å². The number of benzene rings is 1. The molecule has 1 aromatic carbocycles. The predicted octanol–water partition coefficient (Wildman–Crippen LogP) is 2.17. The smallest absolute Gasteiger partial charge is 0.254 e. The van der Waals surface area contributed by atoms with Gasteiger partial charge in [0, 0.05) is 50.3 Å². The molecule has 0 saturated heterocycles. The van der Waals surface area contributed by atoms with E-state index in [9.17, 15) is 4.79 Å². The number of likely N-dealkylation sites (N-methyl/N-ethyl adjacent to an activating group) is 1. The summed E-state index contributed by atoms with van der Waals surface area (Å²) in [5.41, 5.74) is 3.09. The Morgan fingerprint density at radius 1 is 1.10 bits per heavy atom. The van der Waals surface area contributed by atoms with Gasteiger partial charge in [-0.2, -0.15) is 0 Å². The predicted molar refractivity (Wildman–Crippen MR) is 78.7 cm³/mol. The molecule has 102 valence electrons. The summed E-state index contributed by atoms with van der Waals surface area (Å²) >= 11 is 0. The molecule has 4 heteroatoms. The Bertz CT molecular complexity index is 612. The molecule has 0 unspecified atom stereocenters. The van der Waals surface area contributed by atoms with Gasteiger partial charge < -0.3 is 9.80 Å². The minimum atomic E-state index is 0.0671. The molecule has 0 bridgehead atoms. The molecule has 0 N–H and O–H groups in total. The topological polar surface area (TPSA) is 36.4 Å². The largest absolute Gasteiger partial charge is 0.373 e. The van der Waals surface area contributed by atoms with Crippen LogP contribution in [-0.2, 0) is 6.54 Å². The Balaban J connectivity index is 1.88. The number of nitrogens with zero attached hydrogens (tertiary/aromatic N) is 3. The molecule has 2 aromatic rings. The van der Waals surface area contributed by atoms with Crippen molar-refractivity contribution in [2.24, 2.45) is 0 Å². The lowest BCUT2D eigenvalue weighted by molar-refractivity contribution is 0.0751. The zero-order valence-corrected chi connectivity index (χ0v) is 11.5. The molecule has 1 aromatic heterocycles. The van der Waals surface area contributed by atoms with E-state index in [1.165, 1.54) is 11.3 Å². The average Bonchev–Trinajstić information content (AvgIpc) is 2.67. The van der Waals surface area contributed by atoms with E-state index < -0.39 is 0 Å². The van der Waals surface area contributed by atoms with Crippen LogP contribution < -0.4 is 4.90 Å². The van der Waals surface area contributed by atoms with E-state index in [1.807, 2.05) is 17.0 Å². The summed E-state index contributed by atoms with van der Waals surface area (Å²) in [6.07, 6.45) is 3.32. The lowest BCUT2D eigenvalue weighted by Crippen LogP contribution is -2.34. The van der Waals surface area contributed by atoms with Crippen LogP contribution in [0.3, 0.4) is 0 Å². The maximum absolute atomic E-state index is 12.5. The molecule has 0 aliphatic carbocycles. The van der Waals surface area contributed by atoms with Crippen LogP contribution in [0.4, 0.5) is 5.69 Å². The van der Waals surface area contributed by atoms with Gasteiger partial charge in [-0.3, -0.25) is 9.78 Å². The van der Waals surface area contributed by atoms with E-state index in [1.54, 1.807) is 24.5 Å². The third-order valence-electron chi connectivity index (χ3n) is 3.68. The lowest BCUT2D eigenvalue weighted by Gasteiger charge is -2.21. The second-order valence-corrected chi connectivity index (χ2v) is 5.01. The SMILES string of the molecule is CN1CCN(C(=O)c2ccncc2)Cc2ccccc21. The third kappa shape index (κ3) is 2.37. The Labute approximate surface area is 118 Å². The van der Waals surface area contributed by atoms with Crippen molar-refractivity contribution in [3.63, 3.8) is 0 Å². The lowest BCUT2D eigenvalue weighted by atomic mass is 10.1. The highest BCUT2D eigenvalue weighted by atomic mass is 16.2. The number of pyridine rings is 1. The van der Waals surface area contributed by atoms with Crippen molar-refractivity contribution in [2.75, 3.05) is 25.0 Å². The normalized spacial score (nSPS) is 14.7. The van der Waals surface area contributed by atoms with Gasteiger partial charge in [0.05, 0.1) is 0 Å². The Hall–Kier alpha value is -2.36. The van der Waals surface area contributed by atoms with Crippen molar-refractivity contribution in [1.29, 1.82) is 0 Å². The van der Waals surface area contributed by atoms with E-state index in [0.29, 0.717) is 12.1 Å². The highest BCUT2D eigenvalue weighted by Gasteiger charge is 2.21. The van der Waals surface area contributed by atoms with Crippen molar-refractivity contribution in [3.8, 4) is 0 Å². The van der Waals surface area contributed by atoms with Crippen LogP contribution >= 0.6 is 0 Å². The van der Waals surface area contributed by atoms with Gasteiger partial charge in [-0.05, 0) is 23.8 Å². The Morgan fingerprint density at radius 3 is 2.65 bits per heavy atom. The first-order valence-electron chi connectivity index (χ1n) is 6.74. The molecule has 1 aliphatic heterocycles. The second-order valence-electron chi connectivity index (χ2n) is 5.01. The summed E-state index contributed by atoms with van der Waals surface area (Å²) in [7, 11) is 2.07. The summed E-state index contributed by atoms with van der Waals surface area (Å²) < 4.78 is 0. The molecule has 1 amide bonds. The van der Waals surface area contributed by atoms with Crippen molar-refractivity contribution >= 4 is 11.6 Å². The van der Waals surface area contributed by atoms with Crippen LogP contribution in [0.5, 0.6) is 0 Å². The van der Waals surface area contributed by atoms with E-state index in [4.69, 9.17) is 0 Å². The molecule has 0 fully saturated rings. The zero-order chi connectivity index (χ0) is 13.9. The molecule has 0 spiro atoms. The van der Waals surface area contributed by atoms with E-state index >= 15 is 0 Å². The molecule has 0 saturated carbocycles. The van der Waals surface area contributed by atoms with Crippen molar-refractivity contribution in [3.05, 3.63) is 59.9 Å². The average molecular weight is 267 g/mol. The summed E-state index contributed by atoms with van der Waals surface area (Å²) in [5, 5.41) is 0. The van der Waals surface area contributed by atoms with Crippen molar-refractivity contribution in [1.82, 2.24) is 9.88 Å². The quantitative estimate of drug-likeness (QED) is 0.794. The van der Waals surface area contributed by atoms with E-state index in [-0.39, 0.29) is 5.91 Å². The minimum Gasteiger partial charge on any atom is -0.373 e. The highest BCUT2D eigenvalue weighted by molar-refractivity contribution is 5.94. The molecule has 4 nitrogen and oxygen atoms in total. The first-order chi connectivity index (χ1) is 9.75. The van der Waals surface area contributed by atoms with E-state index in [2.05, 4.69) is 29.1 Å². The van der Waals surface area contributed by atoms with Crippen LogP contribution in [0.2, 0.25) is 0 Å². The maximum Gasteiger partial charge on any atom is 0.254 e. The minimum absolute atomic E-state index is 0.0671. The first kappa shape index (κ1) is 12.7. The summed E-state index contributed by atoms with van der Waals surface area (Å²) in [5.74, 6) is 0.0671. The van der Waals surface area contributed by atoms with Crippen LogP contribution in [0, 0.1) is 0 Å². The number of carbonyl (C=O) groups is 1. The van der Waals surface area contributed by atoms with Crippen molar-refractivity contribution in [2.45, 2.75) is 6.54 Å². The molecule has 3 rings (SSSR count). The van der Waals surface area contributed by atoms with Crippen molar-refractivity contribution < 1.29 is 4.79 Å².